The van der Waals surface area contributed by atoms with Crippen LogP contribution in [0.25, 0.3) is 11.1 Å². The number of carbonyl (C=O) groups is 2. The molecule has 0 unspecified atom stereocenters. The first-order chi connectivity index (χ1) is 18.1. The van der Waals surface area contributed by atoms with Gasteiger partial charge in [-0.3, -0.25) is 0 Å². The normalized spacial score (nSPS) is 13.3. The first-order valence-corrected chi connectivity index (χ1v) is 12.8. The van der Waals surface area contributed by atoms with Crippen LogP contribution < -0.4 is 5.32 Å². The number of benzene rings is 2. The van der Waals surface area contributed by atoms with Gasteiger partial charge in [0, 0.05) is 19.1 Å². The first kappa shape index (κ1) is 28.4. The van der Waals surface area contributed by atoms with Gasteiger partial charge in [0.05, 0.1) is 26.4 Å². The van der Waals surface area contributed by atoms with Gasteiger partial charge in [0.1, 0.15) is 12.6 Å². The highest BCUT2D eigenvalue weighted by atomic mass is 16.6. The Kier molecular flexibility index (Phi) is 12.1. The molecule has 0 aliphatic heterocycles. The highest BCUT2D eigenvalue weighted by Gasteiger charge is 2.29. The summed E-state index contributed by atoms with van der Waals surface area (Å²) in [6.07, 6.45) is 4.67. The minimum Gasteiger partial charge on any atom is -0.480 e. The number of ether oxygens (including phenoxy) is 4. The molecule has 2 aromatic carbocycles. The molecule has 0 aromatic heterocycles. The Labute approximate surface area is 218 Å². The molecule has 0 heterocycles. The fraction of sp³-hybridized carbons (Fsp3) is 0.448. The van der Waals surface area contributed by atoms with E-state index >= 15 is 0 Å². The number of hydrogen-bond acceptors (Lipinski definition) is 6. The van der Waals surface area contributed by atoms with Crippen LogP contribution in [0.5, 0.6) is 0 Å². The van der Waals surface area contributed by atoms with Gasteiger partial charge in [-0.15, -0.1) is 0 Å². The zero-order chi connectivity index (χ0) is 26.3. The van der Waals surface area contributed by atoms with E-state index in [1.54, 1.807) is 6.08 Å². The van der Waals surface area contributed by atoms with Gasteiger partial charge in [-0.1, -0.05) is 60.7 Å². The molecule has 1 aliphatic rings. The summed E-state index contributed by atoms with van der Waals surface area (Å²) in [7, 11) is 0. The van der Waals surface area contributed by atoms with Gasteiger partial charge >= 0.3 is 12.1 Å². The monoisotopic (exact) mass is 511 g/mol. The summed E-state index contributed by atoms with van der Waals surface area (Å²) >= 11 is 0. The highest BCUT2D eigenvalue weighted by molar-refractivity contribution is 5.81. The van der Waals surface area contributed by atoms with E-state index in [0.29, 0.717) is 39.6 Å². The minimum absolute atomic E-state index is 0.0785. The Morgan fingerprint density at radius 3 is 2.11 bits per heavy atom. The smallest absolute Gasteiger partial charge is 0.407 e. The third kappa shape index (κ3) is 9.00. The number of rotatable bonds is 17. The zero-order valence-corrected chi connectivity index (χ0v) is 21.4. The molecular weight excluding hydrogens is 474 g/mol. The van der Waals surface area contributed by atoms with Gasteiger partial charge in [0.15, 0.2) is 0 Å². The van der Waals surface area contributed by atoms with Crippen molar-refractivity contribution < 1.29 is 33.6 Å². The van der Waals surface area contributed by atoms with Crippen molar-refractivity contribution >= 4 is 12.1 Å². The van der Waals surface area contributed by atoms with E-state index in [0.717, 1.165) is 35.1 Å². The molecule has 1 atom stereocenters. The maximum absolute atomic E-state index is 12.4. The molecule has 200 valence electrons. The van der Waals surface area contributed by atoms with Crippen LogP contribution in [0.1, 0.15) is 43.2 Å². The van der Waals surface area contributed by atoms with E-state index in [1.807, 2.05) is 49.4 Å². The van der Waals surface area contributed by atoms with Gasteiger partial charge in [-0.2, -0.15) is 0 Å². The second-order valence-corrected chi connectivity index (χ2v) is 8.63. The predicted molar refractivity (Wildman–Crippen MR) is 141 cm³/mol. The Hall–Kier alpha value is -3.20. The van der Waals surface area contributed by atoms with Crippen molar-refractivity contribution in [2.75, 3.05) is 46.2 Å². The Bertz CT molecular complexity index is 977. The number of hydrogen-bond donors (Lipinski definition) is 2. The van der Waals surface area contributed by atoms with Gasteiger partial charge in [0.25, 0.3) is 0 Å². The number of fused-ring (bicyclic) bond motifs is 3. The molecule has 3 rings (SSSR count). The average Bonchev–Trinajstić information content (AvgIpc) is 3.23. The van der Waals surface area contributed by atoms with Crippen LogP contribution in [0.2, 0.25) is 0 Å². The molecule has 0 fully saturated rings. The summed E-state index contributed by atoms with van der Waals surface area (Å²) in [5.41, 5.74) is 4.48. The van der Waals surface area contributed by atoms with Gasteiger partial charge < -0.3 is 29.4 Å². The largest absolute Gasteiger partial charge is 0.480 e. The second kappa shape index (κ2) is 15.8. The quantitative estimate of drug-likeness (QED) is 0.233. The standard InChI is InChI=1S/C29H37NO7/c1-2-34-17-18-36-20-19-35-16-10-4-3-5-15-27(28(31)32)30-29(33)37-21-26-24-13-8-6-11-22(24)23-12-7-9-14-25(23)26/h3,5-9,11-14,26-27H,2,4,10,15-21H2,1H3,(H,30,33)(H,31,32)/b5-3+/t27-/m0/s1. The van der Waals surface area contributed by atoms with Crippen LogP contribution in [-0.4, -0.2) is 69.5 Å². The topological polar surface area (TPSA) is 103 Å². The fourth-order valence-electron chi connectivity index (χ4n) is 4.24. The SMILES string of the molecule is CCOCCOCCOCCC/C=C/C[C@H](NC(=O)OCC1c2ccccc2-c2ccccc21)C(=O)O. The molecular formula is C29H37NO7. The summed E-state index contributed by atoms with van der Waals surface area (Å²) in [6.45, 7) is 5.58. The van der Waals surface area contributed by atoms with Crippen LogP contribution in [0, 0.1) is 0 Å². The summed E-state index contributed by atoms with van der Waals surface area (Å²) in [6, 6.07) is 15.1. The molecule has 2 N–H and O–H groups in total. The maximum Gasteiger partial charge on any atom is 0.407 e. The molecule has 1 amide bonds. The van der Waals surface area contributed by atoms with Crippen LogP contribution in [0.4, 0.5) is 4.79 Å². The number of aliphatic carboxylic acids is 1. The van der Waals surface area contributed by atoms with Crippen LogP contribution in [-0.2, 0) is 23.7 Å². The highest BCUT2D eigenvalue weighted by Crippen LogP contribution is 2.44. The number of carboxylic acids is 1. The first-order valence-electron chi connectivity index (χ1n) is 12.8. The van der Waals surface area contributed by atoms with E-state index in [1.165, 1.54) is 0 Å². The van der Waals surface area contributed by atoms with E-state index in [4.69, 9.17) is 18.9 Å². The van der Waals surface area contributed by atoms with Crippen LogP contribution in [0.15, 0.2) is 60.7 Å². The minimum atomic E-state index is -1.11. The van der Waals surface area contributed by atoms with Gasteiger partial charge in [0.2, 0.25) is 0 Å². The Balaban J connectivity index is 1.34. The number of alkyl carbamates (subject to hydrolysis) is 1. The number of carbonyl (C=O) groups excluding carboxylic acids is 1. The third-order valence-corrected chi connectivity index (χ3v) is 6.08. The fourth-order valence-corrected chi connectivity index (χ4v) is 4.24. The van der Waals surface area contributed by atoms with Gasteiger partial charge in [-0.05, 0) is 48.4 Å². The van der Waals surface area contributed by atoms with Gasteiger partial charge in [-0.25, -0.2) is 9.59 Å². The maximum atomic E-state index is 12.4. The number of allylic oxidation sites excluding steroid dienone is 1. The lowest BCUT2D eigenvalue weighted by Crippen LogP contribution is -2.41. The van der Waals surface area contributed by atoms with Crippen molar-refractivity contribution in [3.8, 4) is 11.1 Å². The van der Waals surface area contributed by atoms with Crippen LogP contribution >= 0.6 is 0 Å². The summed E-state index contributed by atoms with van der Waals surface area (Å²) in [5.74, 6) is -1.18. The van der Waals surface area contributed by atoms with Crippen LogP contribution in [0.3, 0.4) is 0 Å². The molecule has 0 radical (unpaired) electrons. The molecule has 0 saturated carbocycles. The Morgan fingerprint density at radius 1 is 0.892 bits per heavy atom. The molecule has 0 bridgehead atoms. The molecule has 8 heteroatoms. The zero-order valence-electron chi connectivity index (χ0n) is 21.4. The van der Waals surface area contributed by atoms with Crippen molar-refractivity contribution in [1.29, 1.82) is 0 Å². The van der Waals surface area contributed by atoms with E-state index in [-0.39, 0.29) is 18.9 Å². The number of nitrogens with one attached hydrogen (secondary N) is 1. The molecule has 37 heavy (non-hydrogen) atoms. The molecule has 2 aromatic rings. The Morgan fingerprint density at radius 2 is 1.49 bits per heavy atom. The number of amides is 1. The van der Waals surface area contributed by atoms with E-state index in [2.05, 4.69) is 17.4 Å². The molecule has 0 spiro atoms. The van der Waals surface area contributed by atoms with E-state index < -0.39 is 18.1 Å². The molecule has 1 aliphatic carbocycles. The third-order valence-electron chi connectivity index (χ3n) is 6.08. The van der Waals surface area contributed by atoms with Crippen molar-refractivity contribution in [3.05, 3.63) is 71.8 Å². The molecule has 0 saturated heterocycles. The van der Waals surface area contributed by atoms with E-state index in [9.17, 15) is 14.7 Å². The summed E-state index contributed by atoms with van der Waals surface area (Å²) < 4.78 is 21.5. The lowest BCUT2D eigenvalue weighted by molar-refractivity contribution is -0.139. The second-order valence-electron chi connectivity index (χ2n) is 8.63. The number of carboxylic acid groups (broad SMARTS) is 1. The number of unbranched alkanes of at least 4 members (excludes halogenated alkanes) is 1. The lowest BCUT2D eigenvalue weighted by Gasteiger charge is -2.16. The predicted octanol–water partition coefficient (Wildman–Crippen LogP) is 4.77. The van der Waals surface area contributed by atoms with Crippen molar-refractivity contribution in [1.82, 2.24) is 5.32 Å². The van der Waals surface area contributed by atoms with Crippen molar-refractivity contribution in [3.63, 3.8) is 0 Å². The van der Waals surface area contributed by atoms with Crippen molar-refractivity contribution in [2.24, 2.45) is 0 Å². The lowest BCUT2D eigenvalue weighted by atomic mass is 9.98. The summed E-state index contributed by atoms with van der Waals surface area (Å²) in [4.78, 5) is 24.0. The molecule has 8 nitrogen and oxygen atoms in total. The summed E-state index contributed by atoms with van der Waals surface area (Å²) in [5, 5.41) is 12.0. The average molecular weight is 512 g/mol. The van der Waals surface area contributed by atoms with Crippen molar-refractivity contribution in [2.45, 2.75) is 38.1 Å².